The molecule has 1 saturated heterocycles. The summed E-state index contributed by atoms with van der Waals surface area (Å²) in [7, 11) is 0. The number of aryl methyl sites for hydroxylation is 2. The first-order chi connectivity index (χ1) is 12.5. The first kappa shape index (κ1) is 18.4. The number of rotatable bonds is 7. The fourth-order valence-electron chi connectivity index (χ4n) is 3.32. The van der Waals surface area contributed by atoms with Gasteiger partial charge in [0, 0.05) is 30.8 Å². The van der Waals surface area contributed by atoms with Gasteiger partial charge in [-0.15, -0.1) is 0 Å². The lowest BCUT2D eigenvalue weighted by molar-refractivity contribution is -0.128. The van der Waals surface area contributed by atoms with Crippen molar-refractivity contribution >= 4 is 11.7 Å². The molecular formula is C21H28N4O. The molecular weight excluding hydrogens is 324 g/mol. The Bertz CT molecular complexity index is 745. The zero-order valence-electron chi connectivity index (χ0n) is 15.9. The van der Waals surface area contributed by atoms with Crippen molar-refractivity contribution in [1.29, 1.82) is 0 Å². The van der Waals surface area contributed by atoms with E-state index in [4.69, 9.17) is 0 Å². The van der Waals surface area contributed by atoms with E-state index in [0.29, 0.717) is 0 Å². The number of nitrogens with one attached hydrogen (secondary N) is 1. The van der Waals surface area contributed by atoms with Crippen molar-refractivity contribution in [2.45, 2.75) is 52.0 Å². The smallest absolute Gasteiger partial charge is 0.245 e. The Labute approximate surface area is 155 Å². The van der Waals surface area contributed by atoms with Gasteiger partial charge in [0.1, 0.15) is 17.7 Å². The molecule has 3 rings (SSSR count). The first-order valence-corrected chi connectivity index (χ1v) is 9.48. The van der Waals surface area contributed by atoms with Crippen molar-refractivity contribution in [3.8, 4) is 0 Å². The monoisotopic (exact) mass is 352 g/mol. The summed E-state index contributed by atoms with van der Waals surface area (Å²) in [4.78, 5) is 23.7. The van der Waals surface area contributed by atoms with Gasteiger partial charge in [-0.05, 0) is 31.7 Å². The van der Waals surface area contributed by atoms with Gasteiger partial charge in [-0.25, -0.2) is 9.97 Å². The SMILES string of the molecule is Cc1cc(NC2CCN(CCCc3ccccc3)C2=O)nc(C(C)C)n1. The highest BCUT2D eigenvalue weighted by molar-refractivity contribution is 5.86. The van der Waals surface area contributed by atoms with Crippen molar-refractivity contribution in [3.05, 3.63) is 53.5 Å². The van der Waals surface area contributed by atoms with E-state index in [9.17, 15) is 4.79 Å². The highest BCUT2D eigenvalue weighted by atomic mass is 16.2. The van der Waals surface area contributed by atoms with Crippen LogP contribution in [-0.2, 0) is 11.2 Å². The van der Waals surface area contributed by atoms with Gasteiger partial charge in [-0.1, -0.05) is 44.2 Å². The largest absolute Gasteiger partial charge is 0.358 e. The predicted octanol–water partition coefficient (Wildman–Crippen LogP) is 3.55. The van der Waals surface area contributed by atoms with E-state index in [1.807, 2.05) is 24.0 Å². The van der Waals surface area contributed by atoms with Crippen LogP contribution in [0.1, 0.15) is 49.7 Å². The van der Waals surface area contributed by atoms with E-state index >= 15 is 0 Å². The average Bonchev–Trinajstić information content (AvgIpc) is 2.95. The molecule has 1 aromatic carbocycles. The van der Waals surface area contributed by atoms with E-state index in [1.165, 1.54) is 5.56 Å². The Morgan fingerprint density at radius 3 is 2.73 bits per heavy atom. The number of hydrogen-bond acceptors (Lipinski definition) is 4. The second kappa shape index (κ2) is 8.30. The van der Waals surface area contributed by atoms with Crippen LogP contribution in [0.5, 0.6) is 0 Å². The topological polar surface area (TPSA) is 58.1 Å². The van der Waals surface area contributed by atoms with Crippen LogP contribution >= 0.6 is 0 Å². The molecule has 1 amide bonds. The fraction of sp³-hybridized carbons (Fsp3) is 0.476. The maximum Gasteiger partial charge on any atom is 0.245 e. The second-order valence-corrected chi connectivity index (χ2v) is 7.31. The first-order valence-electron chi connectivity index (χ1n) is 9.48. The van der Waals surface area contributed by atoms with Gasteiger partial charge >= 0.3 is 0 Å². The fourth-order valence-corrected chi connectivity index (χ4v) is 3.32. The maximum atomic E-state index is 12.7. The molecule has 0 saturated carbocycles. The Balaban J connectivity index is 1.54. The highest BCUT2D eigenvalue weighted by Gasteiger charge is 2.31. The zero-order chi connectivity index (χ0) is 18.5. The van der Waals surface area contributed by atoms with E-state index in [-0.39, 0.29) is 17.9 Å². The molecule has 0 bridgehead atoms. The molecule has 1 aromatic heterocycles. The molecule has 5 heteroatoms. The summed E-state index contributed by atoms with van der Waals surface area (Å²) in [5.41, 5.74) is 2.25. The summed E-state index contributed by atoms with van der Waals surface area (Å²) in [5.74, 6) is 2.02. The van der Waals surface area contributed by atoms with Gasteiger partial charge in [-0.3, -0.25) is 4.79 Å². The van der Waals surface area contributed by atoms with E-state index in [1.54, 1.807) is 0 Å². The van der Waals surface area contributed by atoms with Gasteiger partial charge in [0.15, 0.2) is 0 Å². The minimum absolute atomic E-state index is 0.180. The molecule has 26 heavy (non-hydrogen) atoms. The lowest BCUT2D eigenvalue weighted by Gasteiger charge is -2.18. The second-order valence-electron chi connectivity index (χ2n) is 7.31. The van der Waals surface area contributed by atoms with Crippen LogP contribution in [-0.4, -0.2) is 39.9 Å². The predicted molar refractivity (Wildman–Crippen MR) is 104 cm³/mol. The molecule has 1 N–H and O–H groups in total. The Morgan fingerprint density at radius 2 is 2.00 bits per heavy atom. The van der Waals surface area contributed by atoms with E-state index < -0.39 is 0 Å². The van der Waals surface area contributed by atoms with Crippen molar-refractivity contribution in [2.24, 2.45) is 0 Å². The molecule has 1 fully saturated rings. The van der Waals surface area contributed by atoms with Gasteiger partial charge in [0.2, 0.25) is 5.91 Å². The normalized spacial score (nSPS) is 17.2. The number of carbonyl (C=O) groups excluding carboxylic acids is 1. The van der Waals surface area contributed by atoms with Crippen LogP contribution in [0.15, 0.2) is 36.4 Å². The number of aromatic nitrogens is 2. The molecule has 1 aliphatic rings. The Kier molecular flexibility index (Phi) is 5.86. The molecule has 0 radical (unpaired) electrons. The standard InChI is InChI=1S/C21H28N4O/c1-15(2)20-22-16(3)14-19(24-20)23-18-11-13-25(21(18)26)12-7-10-17-8-5-4-6-9-17/h4-6,8-9,14-15,18H,7,10-13H2,1-3H3,(H,22,23,24). The maximum absolute atomic E-state index is 12.7. The molecule has 1 aliphatic heterocycles. The van der Waals surface area contributed by atoms with E-state index in [2.05, 4.69) is 53.4 Å². The van der Waals surface area contributed by atoms with Gasteiger partial charge in [0.05, 0.1) is 0 Å². The van der Waals surface area contributed by atoms with Crippen molar-refractivity contribution < 1.29 is 4.79 Å². The molecule has 1 unspecified atom stereocenters. The van der Waals surface area contributed by atoms with Crippen LogP contribution in [0.2, 0.25) is 0 Å². The quantitative estimate of drug-likeness (QED) is 0.828. The number of nitrogens with zero attached hydrogens (tertiary/aromatic N) is 3. The molecule has 2 aromatic rings. The average molecular weight is 352 g/mol. The molecule has 5 nitrogen and oxygen atoms in total. The van der Waals surface area contributed by atoms with Crippen molar-refractivity contribution in [3.63, 3.8) is 0 Å². The third kappa shape index (κ3) is 4.59. The number of hydrogen-bond donors (Lipinski definition) is 1. The number of anilines is 1. The lowest BCUT2D eigenvalue weighted by atomic mass is 10.1. The Hall–Kier alpha value is -2.43. The minimum atomic E-state index is -0.180. The number of benzene rings is 1. The third-order valence-corrected chi connectivity index (χ3v) is 4.74. The summed E-state index contributed by atoms with van der Waals surface area (Å²) in [5, 5.41) is 3.32. The number of amides is 1. The summed E-state index contributed by atoms with van der Waals surface area (Å²) < 4.78 is 0. The summed E-state index contributed by atoms with van der Waals surface area (Å²) in [6.45, 7) is 7.74. The van der Waals surface area contributed by atoms with Crippen molar-refractivity contribution in [1.82, 2.24) is 14.9 Å². The van der Waals surface area contributed by atoms with Gasteiger partial charge < -0.3 is 10.2 Å². The van der Waals surface area contributed by atoms with Gasteiger partial charge in [0.25, 0.3) is 0 Å². The summed E-state index contributed by atoms with van der Waals surface area (Å²) in [6, 6.07) is 12.2. The molecule has 1 atom stereocenters. The number of carbonyl (C=O) groups is 1. The van der Waals surface area contributed by atoms with Crippen LogP contribution in [0, 0.1) is 6.92 Å². The van der Waals surface area contributed by atoms with Gasteiger partial charge in [-0.2, -0.15) is 0 Å². The third-order valence-electron chi connectivity index (χ3n) is 4.74. The van der Waals surface area contributed by atoms with Crippen LogP contribution < -0.4 is 5.32 Å². The van der Waals surface area contributed by atoms with Crippen molar-refractivity contribution in [2.75, 3.05) is 18.4 Å². The number of likely N-dealkylation sites (tertiary alicyclic amines) is 1. The summed E-state index contributed by atoms with van der Waals surface area (Å²) >= 11 is 0. The summed E-state index contributed by atoms with van der Waals surface area (Å²) in [6.07, 6.45) is 2.82. The van der Waals surface area contributed by atoms with Crippen LogP contribution in [0.25, 0.3) is 0 Å². The van der Waals surface area contributed by atoms with Crippen LogP contribution in [0.4, 0.5) is 5.82 Å². The lowest BCUT2D eigenvalue weighted by Crippen LogP contribution is -2.34. The minimum Gasteiger partial charge on any atom is -0.358 e. The zero-order valence-corrected chi connectivity index (χ0v) is 15.9. The molecule has 138 valence electrons. The molecule has 2 heterocycles. The highest BCUT2D eigenvalue weighted by Crippen LogP contribution is 2.19. The van der Waals surface area contributed by atoms with Crippen LogP contribution in [0.3, 0.4) is 0 Å². The Morgan fingerprint density at radius 1 is 1.23 bits per heavy atom. The van der Waals surface area contributed by atoms with E-state index in [0.717, 1.165) is 49.7 Å². The molecule has 0 aliphatic carbocycles. The molecule has 0 spiro atoms.